The van der Waals surface area contributed by atoms with Gasteiger partial charge in [-0.2, -0.15) is 13.0 Å². The van der Waals surface area contributed by atoms with Gasteiger partial charge in [-0.15, -0.1) is 27.0 Å². The molecular formula is C39H41N2O6S4+. The number of thiophene rings is 2. The fourth-order valence-electron chi connectivity index (χ4n) is 6.90. The van der Waals surface area contributed by atoms with E-state index in [1.54, 1.807) is 22.7 Å². The van der Waals surface area contributed by atoms with Crippen LogP contribution in [0.5, 0.6) is 0 Å². The Labute approximate surface area is 312 Å². The standard InChI is InChI=1S/C39H40N2O6S4/c1-38(2)30-26-28(34-12-10-22-48-34)16-18-32(30)40(20-24-50-47-46-42)36(38)14-8-6-5-7-9-15-37-39(3,4)31-27-29(35-13-11-23-49-35)17-19-33(31)41(37)21-25-51(43,44)45/h5-19,22-23,26-27H,20-21,24-25H2,1-4H3,(H-,42,43,44,45)/p+1. The van der Waals surface area contributed by atoms with Crippen molar-refractivity contribution in [2.45, 2.75) is 38.5 Å². The molecule has 2 aromatic carbocycles. The molecule has 2 aromatic heterocycles. The quantitative estimate of drug-likeness (QED) is 0.0249. The SMILES string of the molecule is CC1(C)C(/C=C/C=C/C=C/C=C2/N(CCS(=O)(=O)O)c3ccc(-c4cccs4)cc3C2(C)C)=[N+](CCSOOO)c2ccc(-c3cccs3)cc21. The lowest BCUT2D eigenvalue weighted by Crippen LogP contribution is -2.30. The minimum absolute atomic E-state index is 0.144. The molecule has 0 amide bonds. The lowest BCUT2D eigenvalue weighted by atomic mass is 9.80. The molecule has 0 atom stereocenters. The lowest BCUT2D eigenvalue weighted by molar-refractivity contribution is -0.438. The Bertz CT molecular complexity index is 2130. The van der Waals surface area contributed by atoms with Gasteiger partial charge in [0.15, 0.2) is 12.3 Å². The molecule has 0 fully saturated rings. The lowest BCUT2D eigenvalue weighted by Gasteiger charge is -2.26. The van der Waals surface area contributed by atoms with Crippen molar-refractivity contribution in [1.29, 1.82) is 0 Å². The first kappa shape index (κ1) is 37.2. The average molecular weight is 762 g/mol. The smallest absolute Gasteiger partial charge is 0.266 e. The number of hydrogen-bond donors (Lipinski definition) is 2. The Kier molecular flexibility index (Phi) is 11.3. The van der Waals surface area contributed by atoms with Crippen molar-refractivity contribution < 1.29 is 32.2 Å². The minimum atomic E-state index is -4.14. The minimum Gasteiger partial charge on any atom is -0.343 e. The first-order valence-electron chi connectivity index (χ1n) is 16.5. The molecule has 12 heteroatoms. The molecule has 4 heterocycles. The normalized spacial score (nSPS) is 17.5. The van der Waals surface area contributed by atoms with Gasteiger partial charge in [0.1, 0.15) is 0 Å². The highest BCUT2D eigenvalue weighted by Gasteiger charge is 2.44. The Balaban J connectivity index is 1.23. The van der Waals surface area contributed by atoms with Crippen LogP contribution in [0.4, 0.5) is 11.4 Å². The summed E-state index contributed by atoms with van der Waals surface area (Å²) in [6, 6.07) is 21.3. The average Bonchev–Trinajstić information content (AvgIpc) is 3.89. The number of allylic oxidation sites excluding steroid dienone is 8. The third kappa shape index (κ3) is 8.08. The van der Waals surface area contributed by atoms with Gasteiger partial charge in [-0.3, -0.25) is 4.55 Å². The first-order chi connectivity index (χ1) is 24.4. The Morgan fingerprint density at radius 2 is 1.51 bits per heavy atom. The van der Waals surface area contributed by atoms with E-state index in [2.05, 4.69) is 107 Å². The summed E-state index contributed by atoms with van der Waals surface area (Å²) in [6.07, 6.45) is 14.1. The van der Waals surface area contributed by atoms with E-state index >= 15 is 0 Å². The molecule has 2 aliphatic rings. The predicted octanol–water partition coefficient (Wildman–Crippen LogP) is 9.83. The van der Waals surface area contributed by atoms with Crippen LogP contribution in [0.2, 0.25) is 0 Å². The van der Waals surface area contributed by atoms with Gasteiger partial charge >= 0.3 is 0 Å². The van der Waals surface area contributed by atoms with Crippen LogP contribution in [0.25, 0.3) is 20.9 Å². The molecule has 0 aliphatic carbocycles. The zero-order chi connectivity index (χ0) is 36.2. The monoisotopic (exact) mass is 761 g/mol. The highest BCUT2D eigenvalue weighted by Crippen LogP contribution is 2.49. The number of benzene rings is 2. The Hall–Kier alpha value is -3.59. The molecule has 4 aromatic rings. The number of anilines is 1. The third-order valence-electron chi connectivity index (χ3n) is 9.40. The Morgan fingerprint density at radius 1 is 0.863 bits per heavy atom. The molecule has 2 N–H and O–H groups in total. The zero-order valence-electron chi connectivity index (χ0n) is 28.9. The van der Waals surface area contributed by atoms with Gasteiger partial charge in [-0.05, 0) is 83.8 Å². The fourth-order valence-corrected chi connectivity index (χ4v) is 9.13. The predicted molar refractivity (Wildman–Crippen MR) is 212 cm³/mol. The van der Waals surface area contributed by atoms with Crippen LogP contribution in [0.1, 0.15) is 38.8 Å². The van der Waals surface area contributed by atoms with Gasteiger partial charge in [0, 0.05) is 62.8 Å². The molecule has 2 aliphatic heterocycles. The fraction of sp³-hybridized carbons (Fsp3) is 0.256. The molecule has 6 rings (SSSR count). The van der Waals surface area contributed by atoms with Crippen molar-refractivity contribution in [3.8, 4) is 20.9 Å². The largest absolute Gasteiger partial charge is 0.343 e. The van der Waals surface area contributed by atoms with Crippen LogP contribution in [-0.2, 0) is 30.3 Å². The molecule has 0 unspecified atom stereocenters. The van der Waals surface area contributed by atoms with Crippen molar-refractivity contribution in [3.05, 3.63) is 131 Å². The maximum absolute atomic E-state index is 11.8. The summed E-state index contributed by atoms with van der Waals surface area (Å²) in [4.78, 5) is 4.40. The van der Waals surface area contributed by atoms with Crippen LogP contribution in [0, 0.1) is 0 Å². The summed E-state index contributed by atoms with van der Waals surface area (Å²) >= 11 is 4.45. The molecule has 51 heavy (non-hydrogen) atoms. The van der Waals surface area contributed by atoms with Crippen molar-refractivity contribution in [1.82, 2.24) is 0 Å². The number of rotatable bonds is 14. The van der Waals surface area contributed by atoms with Crippen LogP contribution < -0.4 is 4.90 Å². The van der Waals surface area contributed by atoms with E-state index < -0.39 is 15.5 Å². The summed E-state index contributed by atoms with van der Waals surface area (Å²) in [7, 11) is -4.14. The number of nitrogens with zero attached hydrogens (tertiary/aromatic N) is 2. The van der Waals surface area contributed by atoms with Crippen molar-refractivity contribution >= 4 is 61.9 Å². The van der Waals surface area contributed by atoms with Gasteiger partial charge in [-0.25, -0.2) is 5.26 Å². The first-order valence-corrected chi connectivity index (χ1v) is 20.8. The molecule has 0 spiro atoms. The summed E-state index contributed by atoms with van der Waals surface area (Å²) < 4.78 is 40.0. The molecule has 0 bridgehead atoms. The molecule has 0 saturated carbocycles. The van der Waals surface area contributed by atoms with E-state index in [-0.39, 0.29) is 17.7 Å². The second-order valence-corrected chi connectivity index (χ2v) is 17.5. The van der Waals surface area contributed by atoms with Crippen LogP contribution in [-0.4, -0.2) is 53.1 Å². The van der Waals surface area contributed by atoms with Gasteiger partial charge in [-0.1, -0.05) is 67.5 Å². The second-order valence-electron chi connectivity index (χ2n) is 13.3. The number of fused-ring (bicyclic) bond motifs is 2. The van der Waals surface area contributed by atoms with Gasteiger partial charge in [0.05, 0.1) is 16.9 Å². The van der Waals surface area contributed by atoms with Gasteiger partial charge in [0.25, 0.3) is 10.1 Å². The topological polar surface area (TPSA) is 99.3 Å². The van der Waals surface area contributed by atoms with Crippen molar-refractivity contribution in [2.24, 2.45) is 0 Å². The molecular weight excluding hydrogens is 721 g/mol. The highest BCUT2D eigenvalue weighted by atomic mass is 32.2. The van der Waals surface area contributed by atoms with Crippen LogP contribution in [0.3, 0.4) is 0 Å². The third-order valence-corrected chi connectivity index (χ3v) is 12.4. The maximum Gasteiger partial charge on any atom is 0.266 e. The summed E-state index contributed by atoms with van der Waals surface area (Å²) in [6.45, 7) is 9.55. The van der Waals surface area contributed by atoms with Crippen molar-refractivity contribution in [3.63, 3.8) is 0 Å². The van der Waals surface area contributed by atoms with Crippen molar-refractivity contribution in [2.75, 3.05) is 29.5 Å². The van der Waals surface area contributed by atoms with E-state index in [0.717, 1.165) is 46.0 Å². The van der Waals surface area contributed by atoms with E-state index in [1.165, 1.54) is 20.9 Å². The van der Waals surface area contributed by atoms with E-state index in [0.29, 0.717) is 12.3 Å². The van der Waals surface area contributed by atoms with E-state index in [9.17, 15) is 13.0 Å². The summed E-state index contributed by atoms with van der Waals surface area (Å²) in [5.41, 5.74) is 8.20. The highest BCUT2D eigenvalue weighted by molar-refractivity contribution is 7.94. The van der Waals surface area contributed by atoms with Crippen LogP contribution >= 0.6 is 34.7 Å². The summed E-state index contributed by atoms with van der Waals surface area (Å²) in [5, 5.41) is 16.5. The molecule has 0 saturated heterocycles. The summed E-state index contributed by atoms with van der Waals surface area (Å²) in [5.74, 6) is 0.206. The van der Waals surface area contributed by atoms with E-state index in [1.807, 2.05) is 53.5 Å². The van der Waals surface area contributed by atoms with Gasteiger partial charge < -0.3 is 4.90 Å². The molecule has 266 valence electrons. The molecule has 8 nitrogen and oxygen atoms in total. The second kappa shape index (κ2) is 15.6. The Morgan fingerprint density at radius 3 is 2.16 bits per heavy atom. The zero-order valence-corrected chi connectivity index (χ0v) is 32.1. The van der Waals surface area contributed by atoms with E-state index in [4.69, 9.17) is 5.26 Å². The van der Waals surface area contributed by atoms with Gasteiger partial charge in [0.2, 0.25) is 5.69 Å². The number of hydrogen-bond acceptors (Lipinski definition) is 9. The molecule has 0 radical (unpaired) electrons. The van der Waals surface area contributed by atoms with Crippen LogP contribution in [0.15, 0.2) is 120 Å². The maximum atomic E-state index is 11.8.